The molecule has 0 saturated carbocycles. The first-order valence-electron chi connectivity index (χ1n) is 11.2. The number of fused-ring (bicyclic) bond motifs is 3. The van der Waals surface area contributed by atoms with Crippen molar-refractivity contribution in [2.45, 2.75) is 69.9 Å². The number of carbonyl (C=O) groups excluding carboxylic acids is 1. The predicted octanol–water partition coefficient (Wildman–Crippen LogP) is 4.74. The Morgan fingerprint density at radius 2 is 2.16 bits per heavy atom. The van der Waals surface area contributed by atoms with Crippen molar-refractivity contribution in [1.82, 2.24) is 15.3 Å². The largest absolute Gasteiger partial charge is 0.383 e. The maximum Gasteiger partial charge on any atom is 0.230 e. The van der Waals surface area contributed by atoms with Crippen LogP contribution in [0.5, 0.6) is 0 Å². The van der Waals surface area contributed by atoms with Crippen LogP contribution in [0.3, 0.4) is 0 Å². The molecular weight excluding hydrogens is 440 g/mol. The van der Waals surface area contributed by atoms with Crippen molar-refractivity contribution in [2.24, 2.45) is 0 Å². The average molecular weight is 471 g/mol. The maximum absolute atomic E-state index is 12.4. The number of nitrogen functional groups attached to an aromatic ring is 1. The summed E-state index contributed by atoms with van der Waals surface area (Å²) < 4.78 is 5.97. The van der Waals surface area contributed by atoms with E-state index < -0.39 is 0 Å². The number of nitrogens with one attached hydrogen (secondary N) is 1. The lowest BCUT2D eigenvalue weighted by Gasteiger charge is -2.22. The first-order chi connectivity index (χ1) is 15.5. The molecule has 6 nitrogen and oxygen atoms in total. The number of ether oxygens (including phenoxy) is 1. The van der Waals surface area contributed by atoms with Crippen molar-refractivity contribution < 1.29 is 9.53 Å². The summed E-state index contributed by atoms with van der Waals surface area (Å²) in [5.74, 6) is 0.760. The number of thiophene rings is 1. The molecule has 1 aromatic carbocycles. The van der Waals surface area contributed by atoms with Crippen LogP contribution in [-0.2, 0) is 29.0 Å². The third kappa shape index (κ3) is 5.60. The smallest absolute Gasteiger partial charge is 0.230 e. The van der Waals surface area contributed by atoms with E-state index in [1.54, 1.807) is 11.3 Å². The summed E-state index contributed by atoms with van der Waals surface area (Å²) in [6.07, 6.45) is 5.10. The van der Waals surface area contributed by atoms with E-state index in [0.29, 0.717) is 17.6 Å². The standard InChI is InChI=1S/C24H30N4O2S2/c1-3-7-17-12-18-19(13-30-17)32-23-21(18)22(25)27-24(28-23)31-14-20(29)26-15(2)10-11-16-8-5-4-6-9-16/h4-6,8-9,15,17H,3,7,10-14H2,1-2H3,(H,26,29)(H2,25,27,28)/t15-,17-/m0/s1. The van der Waals surface area contributed by atoms with Gasteiger partial charge in [-0.25, -0.2) is 9.97 Å². The van der Waals surface area contributed by atoms with Gasteiger partial charge in [-0.2, -0.15) is 0 Å². The van der Waals surface area contributed by atoms with Crippen molar-refractivity contribution in [3.63, 3.8) is 0 Å². The molecule has 0 spiro atoms. The number of carbonyl (C=O) groups is 1. The SMILES string of the molecule is CCC[C@H]1Cc2c(sc3nc(SCC(=O)N[C@@H](C)CCc4ccccc4)nc(N)c23)CO1. The zero-order valence-electron chi connectivity index (χ0n) is 18.6. The minimum absolute atomic E-state index is 0.0147. The third-order valence-corrected chi connectivity index (χ3v) is 7.63. The Hall–Kier alpha value is -2.16. The molecule has 1 aliphatic heterocycles. The highest BCUT2D eigenvalue weighted by Crippen LogP contribution is 2.38. The van der Waals surface area contributed by atoms with E-state index in [4.69, 9.17) is 15.5 Å². The molecule has 4 rings (SSSR count). The Kier molecular flexibility index (Phi) is 7.65. The molecule has 0 unspecified atom stereocenters. The van der Waals surface area contributed by atoms with E-state index in [-0.39, 0.29) is 23.8 Å². The second-order valence-corrected chi connectivity index (χ2v) is 10.3. The van der Waals surface area contributed by atoms with E-state index in [1.165, 1.54) is 27.8 Å². The number of anilines is 1. The van der Waals surface area contributed by atoms with Crippen LogP contribution in [0.25, 0.3) is 10.2 Å². The van der Waals surface area contributed by atoms with Gasteiger partial charge in [0.05, 0.1) is 23.8 Å². The van der Waals surface area contributed by atoms with Gasteiger partial charge in [-0.15, -0.1) is 11.3 Å². The van der Waals surface area contributed by atoms with Gasteiger partial charge in [-0.3, -0.25) is 4.79 Å². The molecule has 3 heterocycles. The molecule has 170 valence electrons. The quantitative estimate of drug-likeness (QED) is 0.347. The van der Waals surface area contributed by atoms with Crippen LogP contribution in [0.15, 0.2) is 35.5 Å². The van der Waals surface area contributed by atoms with Gasteiger partial charge >= 0.3 is 0 Å². The molecule has 2 aromatic heterocycles. The number of rotatable bonds is 9. The minimum atomic E-state index is -0.0147. The molecular formula is C24H30N4O2S2. The fourth-order valence-electron chi connectivity index (χ4n) is 4.04. The van der Waals surface area contributed by atoms with Gasteiger partial charge in [-0.05, 0) is 37.3 Å². The van der Waals surface area contributed by atoms with E-state index in [9.17, 15) is 4.79 Å². The van der Waals surface area contributed by atoms with Crippen molar-refractivity contribution >= 4 is 45.0 Å². The molecule has 0 fully saturated rings. The summed E-state index contributed by atoms with van der Waals surface area (Å²) in [5, 5.41) is 4.59. The second-order valence-electron chi connectivity index (χ2n) is 8.28. The Morgan fingerprint density at radius 1 is 1.34 bits per heavy atom. The molecule has 3 aromatic rings. The van der Waals surface area contributed by atoms with Gasteiger partial charge in [0, 0.05) is 17.3 Å². The monoisotopic (exact) mass is 470 g/mol. The zero-order valence-corrected chi connectivity index (χ0v) is 20.2. The van der Waals surface area contributed by atoms with Gasteiger partial charge in [0.2, 0.25) is 5.91 Å². The van der Waals surface area contributed by atoms with Gasteiger partial charge in [0.25, 0.3) is 0 Å². The third-order valence-electron chi connectivity index (χ3n) is 5.68. The number of hydrogen-bond donors (Lipinski definition) is 2. The maximum atomic E-state index is 12.4. The number of aryl methyl sites for hydroxylation is 1. The molecule has 0 saturated heterocycles. The van der Waals surface area contributed by atoms with Crippen LogP contribution in [0.2, 0.25) is 0 Å². The number of benzene rings is 1. The van der Waals surface area contributed by atoms with Crippen LogP contribution in [0.1, 0.15) is 49.1 Å². The molecule has 0 bridgehead atoms. The topological polar surface area (TPSA) is 90.1 Å². The predicted molar refractivity (Wildman–Crippen MR) is 132 cm³/mol. The lowest BCUT2D eigenvalue weighted by molar-refractivity contribution is -0.119. The number of amides is 1. The first kappa shape index (κ1) is 23.0. The molecule has 1 aliphatic rings. The van der Waals surface area contributed by atoms with Crippen molar-refractivity contribution in [2.75, 3.05) is 11.5 Å². The molecule has 0 aliphatic carbocycles. The Morgan fingerprint density at radius 3 is 2.94 bits per heavy atom. The van der Waals surface area contributed by atoms with Crippen LogP contribution < -0.4 is 11.1 Å². The van der Waals surface area contributed by atoms with E-state index in [0.717, 1.165) is 42.3 Å². The lowest BCUT2D eigenvalue weighted by atomic mass is 10.0. The summed E-state index contributed by atoms with van der Waals surface area (Å²) in [7, 11) is 0. The fraction of sp³-hybridized carbons (Fsp3) is 0.458. The van der Waals surface area contributed by atoms with Gasteiger partial charge in [-0.1, -0.05) is 55.4 Å². The van der Waals surface area contributed by atoms with E-state index in [1.807, 2.05) is 25.1 Å². The van der Waals surface area contributed by atoms with E-state index >= 15 is 0 Å². The summed E-state index contributed by atoms with van der Waals surface area (Å²) in [4.78, 5) is 23.7. The fourth-order valence-corrected chi connectivity index (χ4v) is 5.89. The highest BCUT2D eigenvalue weighted by Gasteiger charge is 2.25. The number of nitrogens with two attached hydrogens (primary N) is 1. The summed E-state index contributed by atoms with van der Waals surface area (Å²) in [6, 6.07) is 10.4. The number of hydrogen-bond acceptors (Lipinski definition) is 7. The van der Waals surface area contributed by atoms with Crippen LogP contribution in [0.4, 0.5) is 5.82 Å². The van der Waals surface area contributed by atoms with Crippen molar-refractivity contribution in [3.05, 3.63) is 46.3 Å². The number of thioether (sulfide) groups is 1. The highest BCUT2D eigenvalue weighted by molar-refractivity contribution is 7.99. The van der Waals surface area contributed by atoms with E-state index in [2.05, 4.69) is 29.4 Å². The molecule has 0 radical (unpaired) electrons. The summed E-state index contributed by atoms with van der Waals surface area (Å²) in [6.45, 7) is 4.83. The van der Waals surface area contributed by atoms with Crippen molar-refractivity contribution in [1.29, 1.82) is 0 Å². The first-order valence-corrected chi connectivity index (χ1v) is 13.0. The Labute approximate surface area is 197 Å². The van der Waals surface area contributed by atoms with Gasteiger partial charge in [0.15, 0.2) is 5.16 Å². The average Bonchev–Trinajstić information content (AvgIpc) is 3.15. The Balaban J connectivity index is 1.34. The van der Waals surface area contributed by atoms with Gasteiger partial charge < -0.3 is 15.8 Å². The van der Waals surface area contributed by atoms with Crippen LogP contribution >= 0.6 is 23.1 Å². The molecule has 1 amide bonds. The number of nitrogens with zero attached hydrogens (tertiary/aromatic N) is 2. The Bertz CT molecular complexity index is 1070. The summed E-state index contributed by atoms with van der Waals surface area (Å²) >= 11 is 2.96. The molecule has 8 heteroatoms. The second kappa shape index (κ2) is 10.6. The molecule has 32 heavy (non-hydrogen) atoms. The normalized spacial score (nSPS) is 16.6. The lowest BCUT2D eigenvalue weighted by Crippen LogP contribution is -2.34. The summed E-state index contributed by atoms with van der Waals surface area (Å²) in [5.41, 5.74) is 8.85. The molecule has 2 atom stereocenters. The van der Waals surface area contributed by atoms with Crippen LogP contribution in [-0.4, -0.2) is 33.8 Å². The zero-order chi connectivity index (χ0) is 22.5. The van der Waals surface area contributed by atoms with Gasteiger partial charge in [0.1, 0.15) is 10.6 Å². The van der Waals surface area contributed by atoms with Crippen LogP contribution in [0, 0.1) is 0 Å². The number of aromatic nitrogens is 2. The highest BCUT2D eigenvalue weighted by atomic mass is 32.2. The molecule has 3 N–H and O–H groups in total. The minimum Gasteiger partial charge on any atom is -0.383 e. The van der Waals surface area contributed by atoms with Crippen molar-refractivity contribution in [3.8, 4) is 0 Å².